The van der Waals surface area contributed by atoms with E-state index in [0.29, 0.717) is 0 Å². The Labute approximate surface area is 267 Å². The van der Waals surface area contributed by atoms with Crippen LogP contribution in [0, 0.1) is 0 Å². The molecule has 0 aliphatic rings. The topological polar surface area (TPSA) is 16.4 Å². The van der Waals surface area contributed by atoms with E-state index in [1.807, 2.05) is 0 Å². The number of fused-ring (bicyclic) bond motifs is 6. The molecule has 8 aromatic carbocycles. The van der Waals surface area contributed by atoms with Crippen LogP contribution in [0.2, 0.25) is 0 Å². The van der Waals surface area contributed by atoms with Gasteiger partial charge >= 0.3 is 0 Å². The van der Waals surface area contributed by atoms with Gasteiger partial charge < -0.3 is 9.32 Å². The molecule has 0 saturated carbocycles. The van der Waals surface area contributed by atoms with Crippen LogP contribution >= 0.6 is 0 Å². The van der Waals surface area contributed by atoms with Gasteiger partial charge in [-0.15, -0.1) is 0 Å². The Morgan fingerprint density at radius 3 is 1.80 bits per heavy atom. The molecule has 1 heterocycles. The Kier molecular flexibility index (Phi) is 6.17. The van der Waals surface area contributed by atoms with Crippen molar-refractivity contribution in [3.05, 3.63) is 176 Å². The third kappa shape index (κ3) is 4.35. The molecule has 0 spiro atoms. The minimum atomic E-state index is 0.892. The Morgan fingerprint density at radius 2 is 1.02 bits per heavy atom. The van der Waals surface area contributed by atoms with Crippen LogP contribution in [0.3, 0.4) is 0 Å². The fraction of sp³-hybridized carbons (Fsp3) is 0. The lowest BCUT2D eigenvalue weighted by molar-refractivity contribution is 0.673. The van der Waals surface area contributed by atoms with Gasteiger partial charge in [0.2, 0.25) is 0 Å². The Hall–Kier alpha value is -6.12. The highest BCUT2D eigenvalue weighted by atomic mass is 16.3. The minimum Gasteiger partial charge on any atom is -0.455 e. The first-order chi connectivity index (χ1) is 22.8. The number of benzene rings is 8. The molecule has 0 radical (unpaired) electrons. The number of anilines is 3. The molecule has 0 fully saturated rings. The summed E-state index contributed by atoms with van der Waals surface area (Å²) in [5, 5.41) is 6.90. The first-order valence-corrected chi connectivity index (χ1v) is 15.7. The summed E-state index contributed by atoms with van der Waals surface area (Å²) in [6.07, 6.45) is 0. The maximum absolute atomic E-state index is 6.68. The maximum atomic E-state index is 6.68. The Bertz CT molecular complexity index is 2510. The van der Waals surface area contributed by atoms with E-state index in [1.165, 1.54) is 33.0 Å². The molecule has 9 rings (SSSR count). The SMILES string of the molecule is c1ccc(-c2ccc(N(c3ccc4ccccc4c3)c3cc4c(oc5cccc(-c6ccccc6)c54)c4ccccc34)cc2)cc1. The fourth-order valence-electron chi connectivity index (χ4n) is 6.85. The second-order valence-electron chi connectivity index (χ2n) is 11.7. The number of hydrogen-bond donors (Lipinski definition) is 0. The largest absolute Gasteiger partial charge is 0.455 e. The molecular weight excluding hydrogens is 558 g/mol. The lowest BCUT2D eigenvalue weighted by atomic mass is 9.97. The first-order valence-electron chi connectivity index (χ1n) is 15.7. The minimum absolute atomic E-state index is 0.892. The van der Waals surface area contributed by atoms with Crippen LogP contribution in [0.25, 0.3) is 65.7 Å². The number of nitrogens with zero attached hydrogens (tertiary/aromatic N) is 1. The van der Waals surface area contributed by atoms with Crippen molar-refractivity contribution in [1.82, 2.24) is 0 Å². The van der Waals surface area contributed by atoms with Gasteiger partial charge in [0, 0.05) is 32.9 Å². The van der Waals surface area contributed by atoms with Gasteiger partial charge in [0.05, 0.1) is 5.69 Å². The van der Waals surface area contributed by atoms with E-state index in [2.05, 4.69) is 181 Å². The van der Waals surface area contributed by atoms with Crippen molar-refractivity contribution in [3.63, 3.8) is 0 Å². The highest BCUT2D eigenvalue weighted by Crippen LogP contribution is 2.46. The van der Waals surface area contributed by atoms with E-state index in [9.17, 15) is 0 Å². The highest BCUT2D eigenvalue weighted by molar-refractivity contribution is 6.22. The summed E-state index contributed by atoms with van der Waals surface area (Å²) >= 11 is 0. The molecule has 0 aliphatic heterocycles. The number of hydrogen-bond acceptors (Lipinski definition) is 2. The quantitative estimate of drug-likeness (QED) is 0.199. The molecule has 0 aliphatic carbocycles. The molecule has 0 N–H and O–H groups in total. The molecule has 2 heteroatoms. The van der Waals surface area contributed by atoms with Crippen LogP contribution < -0.4 is 4.90 Å². The molecule has 0 unspecified atom stereocenters. The molecule has 0 bridgehead atoms. The summed E-state index contributed by atoms with van der Waals surface area (Å²) in [5.74, 6) is 0. The standard InChI is InChI=1S/C44H29NO/c1-3-12-30(13-4-1)32-22-25-35(26-23-32)45(36-27-24-31-14-7-8-17-34(31)28-36)41-29-40-43-37(33-15-5-2-6-16-33)20-11-21-42(43)46-44(40)39-19-10-9-18-38(39)41/h1-29H. The van der Waals surface area contributed by atoms with Crippen molar-refractivity contribution in [3.8, 4) is 22.3 Å². The zero-order valence-electron chi connectivity index (χ0n) is 25.1. The summed E-state index contributed by atoms with van der Waals surface area (Å²) in [6.45, 7) is 0. The summed E-state index contributed by atoms with van der Waals surface area (Å²) in [7, 11) is 0. The van der Waals surface area contributed by atoms with Crippen molar-refractivity contribution in [2.75, 3.05) is 4.90 Å². The van der Waals surface area contributed by atoms with Crippen LogP contribution in [0.5, 0.6) is 0 Å². The van der Waals surface area contributed by atoms with Gasteiger partial charge in [0.1, 0.15) is 11.2 Å². The highest BCUT2D eigenvalue weighted by Gasteiger charge is 2.22. The number of furan rings is 1. The molecule has 2 nitrogen and oxygen atoms in total. The van der Waals surface area contributed by atoms with Crippen molar-refractivity contribution in [1.29, 1.82) is 0 Å². The van der Waals surface area contributed by atoms with Crippen LogP contribution in [-0.2, 0) is 0 Å². The Balaban J connectivity index is 1.34. The van der Waals surface area contributed by atoms with E-state index in [4.69, 9.17) is 4.42 Å². The van der Waals surface area contributed by atoms with Crippen LogP contribution in [0.1, 0.15) is 0 Å². The van der Waals surface area contributed by atoms with Gasteiger partial charge in [0.15, 0.2) is 0 Å². The second-order valence-corrected chi connectivity index (χ2v) is 11.7. The molecule has 216 valence electrons. The summed E-state index contributed by atoms with van der Waals surface area (Å²) in [4.78, 5) is 2.40. The average molecular weight is 588 g/mol. The van der Waals surface area contributed by atoms with Gasteiger partial charge in [0.25, 0.3) is 0 Å². The van der Waals surface area contributed by atoms with Crippen molar-refractivity contribution < 1.29 is 4.42 Å². The first kappa shape index (κ1) is 26.3. The van der Waals surface area contributed by atoms with Gasteiger partial charge in [-0.25, -0.2) is 0 Å². The van der Waals surface area contributed by atoms with E-state index in [-0.39, 0.29) is 0 Å². The number of rotatable bonds is 5. The zero-order chi connectivity index (χ0) is 30.5. The van der Waals surface area contributed by atoms with Crippen molar-refractivity contribution in [2.24, 2.45) is 0 Å². The van der Waals surface area contributed by atoms with Gasteiger partial charge in [-0.05, 0) is 69.4 Å². The zero-order valence-corrected chi connectivity index (χ0v) is 25.1. The van der Waals surface area contributed by atoms with Crippen molar-refractivity contribution in [2.45, 2.75) is 0 Å². The van der Waals surface area contributed by atoms with Gasteiger partial charge in [-0.2, -0.15) is 0 Å². The lowest BCUT2D eigenvalue weighted by Gasteiger charge is -2.27. The van der Waals surface area contributed by atoms with Crippen LogP contribution in [-0.4, -0.2) is 0 Å². The molecular formula is C44H29NO. The lowest BCUT2D eigenvalue weighted by Crippen LogP contribution is -2.10. The normalized spacial score (nSPS) is 11.5. The van der Waals surface area contributed by atoms with Crippen molar-refractivity contribution >= 4 is 60.5 Å². The maximum Gasteiger partial charge on any atom is 0.143 e. The van der Waals surface area contributed by atoms with E-state index in [0.717, 1.165) is 49.8 Å². The van der Waals surface area contributed by atoms with E-state index < -0.39 is 0 Å². The van der Waals surface area contributed by atoms with Crippen LogP contribution in [0.15, 0.2) is 180 Å². The summed E-state index contributed by atoms with van der Waals surface area (Å²) in [5.41, 5.74) is 9.85. The molecule has 9 aromatic rings. The third-order valence-corrected chi connectivity index (χ3v) is 9.03. The summed E-state index contributed by atoms with van der Waals surface area (Å²) < 4.78 is 6.68. The van der Waals surface area contributed by atoms with Crippen LogP contribution in [0.4, 0.5) is 17.1 Å². The molecule has 0 atom stereocenters. The fourth-order valence-corrected chi connectivity index (χ4v) is 6.85. The average Bonchev–Trinajstić information content (AvgIpc) is 3.52. The van der Waals surface area contributed by atoms with Gasteiger partial charge in [-0.3, -0.25) is 0 Å². The monoisotopic (exact) mass is 587 g/mol. The Morgan fingerprint density at radius 1 is 0.391 bits per heavy atom. The van der Waals surface area contributed by atoms with E-state index in [1.54, 1.807) is 0 Å². The summed E-state index contributed by atoms with van der Waals surface area (Å²) in [6, 6.07) is 62.7. The van der Waals surface area contributed by atoms with E-state index >= 15 is 0 Å². The second kappa shape index (κ2) is 10.8. The smallest absolute Gasteiger partial charge is 0.143 e. The molecule has 0 amide bonds. The molecule has 46 heavy (non-hydrogen) atoms. The predicted molar refractivity (Wildman–Crippen MR) is 194 cm³/mol. The third-order valence-electron chi connectivity index (χ3n) is 9.03. The predicted octanol–water partition coefficient (Wildman–Crippen LogP) is 12.7. The van der Waals surface area contributed by atoms with Gasteiger partial charge in [-0.1, -0.05) is 140 Å². The molecule has 1 aromatic heterocycles. The molecule has 0 saturated heterocycles.